The Morgan fingerprint density at radius 1 is 1.42 bits per heavy atom. The number of rotatable bonds is 3. The van der Waals surface area contributed by atoms with Gasteiger partial charge in [-0.2, -0.15) is 4.98 Å². The number of aromatic nitrogens is 2. The van der Waals surface area contributed by atoms with E-state index in [1.54, 1.807) is 12.1 Å². The molecule has 1 aliphatic carbocycles. The first kappa shape index (κ1) is 14.0. The predicted octanol–water partition coefficient (Wildman–Crippen LogP) is 1.66. The standard InChI is InChI=1S/C11H12N4O2S.ClH/c12-8(16)6-2-3-7(18-6)9-14-10(15-17-9)11(13)4-1-5-11;/h2-3H,1,4-5,13H2,(H2,12,16);1H. The zero-order valence-corrected chi connectivity index (χ0v) is 11.6. The molecule has 8 heteroatoms. The number of carbonyl (C=O) groups is 1. The third-order valence-electron chi connectivity index (χ3n) is 3.18. The molecule has 0 aliphatic heterocycles. The van der Waals surface area contributed by atoms with Crippen LogP contribution in [0.4, 0.5) is 0 Å². The summed E-state index contributed by atoms with van der Waals surface area (Å²) in [4.78, 5) is 16.5. The Morgan fingerprint density at radius 3 is 2.68 bits per heavy atom. The summed E-state index contributed by atoms with van der Waals surface area (Å²) >= 11 is 1.23. The molecule has 1 amide bonds. The molecule has 2 aromatic heterocycles. The van der Waals surface area contributed by atoms with Gasteiger partial charge in [0.1, 0.15) is 0 Å². The molecule has 4 N–H and O–H groups in total. The van der Waals surface area contributed by atoms with Crippen LogP contribution in [0.1, 0.15) is 34.8 Å². The summed E-state index contributed by atoms with van der Waals surface area (Å²) in [7, 11) is 0. The van der Waals surface area contributed by atoms with Crippen molar-refractivity contribution in [3.05, 3.63) is 22.8 Å². The fourth-order valence-corrected chi connectivity index (χ4v) is 2.67. The fourth-order valence-electron chi connectivity index (χ4n) is 1.89. The Balaban J connectivity index is 0.00000133. The van der Waals surface area contributed by atoms with Crippen molar-refractivity contribution in [2.75, 3.05) is 0 Å². The van der Waals surface area contributed by atoms with Crippen LogP contribution in [-0.4, -0.2) is 16.0 Å². The highest BCUT2D eigenvalue weighted by atomic mass is 35.5. The minimum absolute atomic E-state index is 0. The first-order valence-electron chi connectivity index (χ1n) is 5.62. The van der Waals surface area contributed by atoms with Gasteiger partial charge in [-0.25, -0.2) is 0 Å². The topological polar surface area (TPSA) is 108 Å². The van der Waals surface area contributed by atoms with E-state index in [0.717, 1.165) is 24.1 Å². The number of carbonyl (C=O) groups excluding carboxylic acids is 1. The van der Waals surface area contributed by atoms with Crippen LogP contribution in [0.2, 0.25) is 0 Å². The number of nitrogens with zero attached hydrogens (tertiary/aromatic N) is 2. The maximum atomic E-state index is 11.0. The van der Waals surface area contributed by atoms with E-state index in [9.17, 15) is 4.79 Å². The molecule has 0 radical (unpaired) electrons. The average Bonchev–Trinajstić information content (AvgIpc) is 2.94. The maximum absolute atomic E-state index is 11.0. The largest absolute Gasteiger partial charge is 0.365 e. The molecule has 1 saturated carbocycles. The minimum Gasteiger partial charge on any atom is -0.365 e. The van der Waals surface area contributed by atoms with Crippen LogP contribution in [0.15, 0.2) is 16.7 Å². The monoisotopic (exact) mass is 300 g/mol. The van der Waals surface area contributed by atoms with Gasteiger partial charge in [-0.3, -0.25) is 4.79 Å². The second kappa shape index (κ2) is 4.92. The summed E-state index contributed by atoms with van der Waals surface area (Å²) in [5, 5.41) is 3.92. The molecule has 1 aliphatic rings. The molecule has 3 rings (SSSR count). The quantitative estimate of drug-likeness (QED) is 0.896. The van der Waals surface area contributed by atoms with Crippen molar-refractivity contribution in [1.29, 1.82) is 0 Å². The highest BCUT2D eigenvalue weighted by molar-refractivity contribution is 7.17. The summed E-state index contributed by atoms with van der Waals surface area (Å²) in [6.07, 6.45) is 2.84. The Morgan fingerprint density at radius 2 is 2.16 bits per heavy atom. The van der Waals surface area contributed by atoms with E-state index in [2.05, 4.69) is 10.1 Å². The zero-order chi connectivity index (χ0) is 12.8. The van der Waals surface area contributed by atoms with E-state index >= 15 is 0 Å². The van der Waals surface area contributed by atoms with Crippen LogP contribution >= 0.6 is 23.7 Å². The molecular weight excluding hydrogens is 288 g/mol. The fraction of sp³-hybridized carbons (Fsp3) is 0.364. The number of thiophene rings is 1. The molecule has 102 valence electrons. The van der Waals surface area contributed by atoms with Gasteiger partial charge in [0.05, 0.1) is 15.3 Å². The molecule has 19 heavy (non-hydrogen) atoms. The first-order valence-corrected chi connectivity index (χ1v) is 6.43. The number of halogens is 1. The number of hydrogen-bond acceptors (Lipinski definition) is 6. The summed E-state index contributed by atoms with van der Waals surface area (Å²) in [6, 6.07) is 3.39. The van der Waals surface area contributed by atoms with Gasteiger partial charge in [0.15, 0.2) is 5.82 Å². The van der Waals surface area contributed by atoms with Crippen LogP contribution in [0.25, 0.3) is 10.8 Å². The molecule has 2 aromatic rings. The van der Waals surface area contributed by atoms with Gasteiger partial charge >= 0.3 is 0 Å². The van der Waals surface area contributed by atoms with Gasteiger partial charge in [-0.15, -0.1) is 23.7 Å². The van der Waals surface area contributed by atoms with Crippen LogP contribution in [0, 0.1) is 0 Å². The van der Waals surface area contributed by atoms with E-state index < -0.39 is 11.4 Å². The van der Waals surface area contributed by atoms with E-state index in [-0.39, 0.29) is 12.4 Å². The molecule has 2 heterocycles. The third kappa shape index (κ3) is 2.36. The van der Waals surface area contributed by atoms with Crippen molar-refractivity contribution in [2.45, 2.75) is 24.8 Å². The van der Waals surface area contributed by atoms with Crippen LogP contribution in [-0.2, 0) is 5.54 Å². The van der Waals surface area contributed by atoms with Crippen LogP contribution < -0.4 is 11.5 Å². The third-order valence-corrected chi connectivity index (χ3v) is 4.26. The van der Waals surface area contributed by atoms with Crippen LogP contribution in [0.5, 0.6) is 0 Å². The molecular formula is C11H13ClN4O2S. The molecule has 0 spiro atoms. The Kier molecular flexibility index (Phi) is 3.62. The highest BCUT2D eigenvalue weighted by Gasteiger charge is 2.39. The Bertz CT molecular complexity index is 605. The van der Waals surface area contributed by atoms with Gasteiger partial charge in [0, 0.05) is 0 Å². The number of nitrogens with two attached hydrogens (primary N) is 2. The van der Waals surface area contributed by atoms with Gasteiger partial charge in [0.25, 0.3) is 11.8 Å². The van der Waals surface area contributed by atoms with Gasteiger partial charge in [-0.05, 0) is 31.4 Å². The first-order chi connectivity index (χ1) is 8.58. The van der Waals surface area contributed by atoms with Crippen LogP contribution in [0.3, 0.4) is 0 Å². The van der Waals surface area contributed by atoms with Gasteiger partial charge in [-0.1, -0.05) is 5.16 Å². The lowest BCUT2D eigenvalue weighted by atomic mass is 9.77. The highest BCUT2D eigenvalue weighted by Crippen LogP contribution is 2.38. The van der Waals surface area contributed by atoms with E-state index in [4.69, 9.17) is 16.0 Å². The minimum atomic E-state index is -0.458. The summed E-state index contributed by atoms with van der Waals surface area (Å²) < 4.78 is 5.18. The lowest BCUT2D eigenvalue weighted by Gasteiger charge is -2.34. The summed E-state index contributed by atoms with van der Waals surface area (Å²) in [5.74, 6) is 0.470. The SMILES string of the molecule is Cl.NC(=O)c1ccc(-c2nc(C3(N)CCC3)no2)s1. The normalized spacial score (nSPS) is 16.5. The van der Waals surface area contributed by atoms with E-state index in [1.807, 2.05) is 0 Å². The number of primary amides is 1. The lowest BCUT2D eigenvalue weighted by Crippen LogP contribution is -2.44. The second-order valence-corrected chi connectivity index (χ2v) is 5.54. The Labute approximate surface area is 119 Å². The van der Waals surface area contributed by atoms with Crippen molar-refractivity contribution in [2.24, 2.45) is 11.5 Å². The molecule has 0 unspecified atom stereocenters. The van der Waals surface area contributed by atoms with Crippen molar-refractivity contribution in [1.82, 2.24) is 10.1 Å². The van der Waals surface area contributed by atoms with Crippen molar-refractivity contribution < 1.29 is 9.32 Å². The number of amides is 1. The van der Waals surface area contributed by atoms with Crippen molar-refractivity contribution in [3.8, 4) is 10.8 Å². The molecule has 0 aromatic carbocycles. The maximum Gasteiger partial charge on any atom is 0.268 e. The average molecular weight is 301 g/mol. The van der Waals surface area contributed by atoms with Crippen molar-refractivity contribution >= 4 is 29.7 Å². The molecule has 0 saturated heterocycles. The zero-order valence-electron chi connectivity index (χ0n) is 9.96. The second-order valence-electron chi connectivity index (χ2n) is 4.46. The van der Waals surface area contributed by atoms with Crippen molar-refractivity contribution in [3.63, 3.8) is 0 Å². The molecule has 1 fully saturated rings. The lowest BCUT2D eigenvalue weighted by molar-refractivity contribution is 0.100. The number of hydrogen-bond donors (Lipinski definition) is 2. The van der Waals surface area contributed by atoms with Gasteiger partial charge in [0.2, 0.25) is 0 Å². The Hall–Kier alpha value is -1.44. The van der Waals surface area contributed by atoms with Gasteiger partial charge < -0.3 is 16.0 Å². The molecule has 6 nitrogen and oxygen atoms in total. The molecule has 0 bridgehead atoms. The molecule has 0 atom stereocenters. The smallest absolute Gasteiger partial charge is 0.268 e. The predicted molar refractivity (Wildman–Crippen MR) is 73.1 cm³/mol. The van der Waals surface area contributed by atoms with E-state index in [1.165, 1.54) is 11.3 Å². The van der Waals surface area contributed by atoms with E-state index in [0.29, 0.717) is 16.6 Å². The summed E-state index contributed by atoms with van der Waals surface area (Å²) in [6.45, 7) is 0. The summed E-state index contributed by atoms with van der Waals surface area (Å²) in [5.41, 5.74) is 10.9.